The maximum atomic E-state index is 5.79. The van der Waals surface area contributed by atoms with Crippen LogP contribution in [-0.4, -0.2) is 10.1 Å². The highest BCUT2D eigenvalue weighted by atomic mass is 16.5. The van der Waals surface area contributed by atoms with Crippen molar-refractivity contribution in [2.24, 2.45) is 5.92 Å². The zero-order valence-electron chi connectivity index (χ0n) is 12.8. The fourth-order valence-electron chi connectivity index (χ4n) is 3.27. The molecule has 1 aromatic carbocycles. The van der Waals surface area contributed by atoms with Crippen LogP contribution in [0, 0.1) is 12.8 Å². The van der Waals surface area contributed by atoms with E-state index in [1.165, 1.54) is 32.1 Å². The first-order valence-electron chi connectivity index (χ1n) is 7.87. The number of nitrogens with zero attached hydrogens (tertiary/aromatic N) is 2. The van der Waals surface area contributed by atoms with Crippen LogP contribution in [0.3, 0.4) is 0 Å². The second-order valence-electron chi connectivity index (χ2n) is 6.16. The van der Waals surface area contributed by atoms with Crippen molar-refractivity contribution in [2.75, 3.05) is 5.73 Å². The molecular formula is C17H23N3O. The molecule has 112 valence electrons. The Morgan fingerprint density at radius 2 is 2.00 bits per heavy atom. The van der Waals surface area contributed by atoms with Crippen molar-refractivity contribution in [2.45, 2.75) is 51.9 Å². The molecule has 1 heterocycles. The molecule has 0 radical (unpaired) electrons. The Labute approximate surface area is 125 Å². The van der Waals surface area contributed by atoms with Gasteiger partial charge in [-0.3, -0.25) is 0 Å². The van der Waals surface area contributed by atoms with Gasteiger partial charge in [-0.2, -0.15) is 4.98 Å². The summed E-state index contributed by atoms with van der Waals surface area (Å²) in [4.78, 5) is 4.63. The third kappa shape index (κ3) is 2.94. The number of aromatic nitrogens is 2. The largest absolute Gasteiger partial charge is 0.399 e. The van der Waals surface area contributed by atoms with Crippen LogP contribution >= 0.6 is 0 Å². The molecule has 0 unspecified atom stereocenters. The lowest BCUT2D eigenvalue weighted by molar-refractivity contribution is 0.305. The van der Waals surface area contributed by atoms with Crippen LogP contribution in [0.25, 0.3) is 11.5 Å². The van der Waals surface area contributed by atoms with Crippen molar-refractivity contribution in [1.82, 2.24) is 10.1 Å². The summed E-state index contributed by atoms with van der Waals surface area (Å²) >= 11 is 0. The minimum absolute atomic E-state index is 0.458. The lowest BCUT2D eigenvalue weighted by Gasteiger charge is -2.25. The molecular weight excluding hydrogens is 262 g/mol. The van der Waals surface area contributed by atoms with E-state index in [9.17, 15) is 0 Å². The zero-order valence-corrected chi connectivity index (χ0v) is 12.8. The molecule has 0 aliphatic heterocycles. The van der Waals surface area contributed by atoms with Gasteiger partial charge in [0, 0.05) is 17.2 Å². The zero-order chi connectivity index (χ0) is 14.8. The fourth-order valence-corrected chi connectivity index (χ4v) is 3.27. The molecule has 4 nitrogen and oxygen atoms in total. The number of hydrogen-bond donors (Lipinski definition) is 1. The number of aryl methyl sites for hydroxylation is 1. The molecule has 0 bridgehead atoms. The highest BCUT2D eigenvalue weighted by Gasteiger charge is 2.25. The summed E-state index contributed by atoms with van der Waals surface area (Å²) in [7, 11) is 0. The predicted octanol–water partition coefficient (Wildman–Crippen LogP) is 4.31. The highest BCUT2D eigenvalue weighted by molar-refractivity contribution is 5.62. The van der Waals surface area contributed by atoms with Crippen molar-refractivity contribution >= 4 is 5.69 Å². The summed E-state index contributed by atoms with van der Waals surface area (Å²) in [6.45, 7) is 4.29. The second-order valence-corrected chi connectivity index (χ2v) is 6.16. The van der Waals surface area contributed by atoms with Gasteiger partial charge in [0.25, 0.3) is 5.89 Å². The summed E-state index contributed by atoms with van der Waals surface area (Å²) in [5, 5.41) is 4.21. The minimum Gasteiger partial charge on any atom is -0.399 e. The van der Waals surface area contributed by atoms with Crippen molar-refractivity contribution in [3.63, 3.8) is 0 Å². The third-order valence-corrected chi connectivity index (χ3v) is 4.71. The molecule has 0 atom stereocenters. The quantitative estimate of drug-likeness (QED) is 0.853. The van der Waals surface area contributed by atoms with Crippen LogP contribution in [0.2, 0.25) is 0 Å². The van der Waals surface area contributed by atoms with Gasteiger partial charge in [0.15, 0.2) is 5.82 Å². The fraction of sp³-hybridized carbons (Fsp3) is 0.529. The second kappa shape index (κ2) is 5.88. The average Bonchev–Trinajstić information content (AvgIpc) is 2.97. The summed E-state index contributed by atoms with van der Waals surface area (Å²) in [6.07, 6.45) is 6.21. The van der Waals surface area contributed by atoms with Crippen LogP contribution in [0.1, 0.15) is 56.3 Å². The maximum Gasteiger partial charge on any atom is 0.258 e. The molecule has 2 N–H and O–H groups in total. The van der Waals surface area contributed by atoms with Gasteiger partial charge in [-0.1, -0.05) is 18.5 Å². The monoisotopic (exact) mass is 285 g/mol. The third-order valence-electron chi connectivity index (χ3n) is 4.71. The standard InChI is InChI=1S/C17H23N3O/c1-3-12-4-6-13(7-5-12)16-19-17(21-20-16)15-9-8-14(18)10-11(15)2/h8-10,12-13H,3-7,18H2,1-2H3. The minimum atomic E-state index is 0.458. The van der Waals surface area contributed by atoms with Crippen LogP contribution < -0.4 is 5.73 Å². The summed E-state index contributed by atoms with van der Waals surface area (Å²) < 4.78 is 5.48. The maximum absolute atomic E-state index is 5.79. The Bertz CT molecular complexity index is 612. The van der Waals surface area contributed by atoms with Gasteiger partial charge in [-0.05, 0) is 62.3 Å². The number of nitrogen functional groups attached to an aromatic ring is 1. The van der Waals surface area contributed by atoms with Gasteiger partial charge >= 0.3 is 0 Å². The molecule has 3 rings (SSSR count). The van der Waals surface area contributed by atoms with Gasteiger partial charge in [-0.15, -0.1) is 0 Å². The van der Waals surface area contributed by atoms with Gasteiger partial charge in [0.2, 0.25) is 0 Å². The first-order chi connectivity index (χ1) is 10.2. The van der Waals surface area contributed by atoms with E-state index in [2.05, 4.69) is 17.1 Å². The number of rotatable bonds is 3. The number of nitrogens with two attached hydrogens (primary N) is 1. The van der Waals surface area contributed by atoms with Gasteiger partial charge in [-0.25, -0.2) is 0 Å². The Balaban J connectivity index is 1.77. The average molecular weight is 285 g/mol. The summed E-state index contributed by atoms with van der Waals surface area (Å²) in [6, 6.07) is 5.76. The molecule has 4 heteroatoms. The van der Waals surface area contributed by atoms with E-state index in [0.29, 0.717) is 11.8 Å². The normalized spacial score (nSPS) is 22.4. The topological polar surface area (TPSA) is 64.9 Å². The van der Waals surface area contributed by atoms with Crippen LogP contribution in [0.15, 0.2) is 22.7 Å². The SMILES string of the molecule is CCC1CCC(c2noc(-c3ccc(N)cc3C)n2)CC1. The first kappa shape index (κ1) is 14.1. The molecule has 21 heavy (non-hydrogen) atoms. The number of anilines is 1. The molecule has 0 amide bonds. The van der Waals surface area contributed by atoms with E-state index in [1.54, 1.807) is 0 Å². The molecule has 1 aliphatic rings. The molecule has 1 fully saturated rings. The van der Waals surface area contributed by atoms with Gasteiger partial charge in [0.1, 0.15) is 0 Å². The van der Waals surface area contributed by atoms with E-state index >= 15 is 0 Å². The van der Waals surface area contributed by atoms with Crippen molar-refractivity contribution < 1.29 is 4.52 Å². The van der Waals surface area contributed by atoms with Crippen molar-refractivity contribution in [3.05, 3.63) is 29.6 Å². The Hall–Kier alpha value is -1.84. The molecule has 0 saturated heterocycles. The molecule has 1 aliphatic carbocycles. The smallest absolute Gasteiger partial charge is 0.258 e. The van der Waals surface area contributed by atoms with Gasteiger partial charge in [0.05, 0.1) is 0 Å². The number of benzene rings is 1. The van der Waals surface area contributed by atoms with Crippen molar-refractivity contribution in [3.8, 4) is 11.5 Å². The van der Waals surface area contributed by atoms with Crippen LogP contribution in [0.4, 0.5) is 5.69 Å². The van der Waals surface area contributed by atoms with E-state index in [-0.39, 0.29) is 0 Å². The summed E-state index contributed by atoms with van der Waals surface area (Å²) in [5.74, 6) is 2.82. The Morgan fingerprint density at radius 1 is 1.24 bits per heavy atom. The highest BCUT2D eigenvalue weighted by Crippen LogP contribution is 2.36. The van der Waals surface area contributed by atoms with E-state index in [0.717, 1.165) is 28.6 Å². The van der Waals surface area contributed by atoms with E-state index < -0.39 is 0 Å². The number of hydrogen-bond acceptors (Lipinski definition) is 4. The first-order valence-corrected chi connectivity index (χ1v) is 7.87. The molecule has 1 aromatic heterocycles. The predicted molar refractivity (Wildman–Crippen MR) is 83.9 cm³/mol. The Morgan fingerprint density at radius 3 is 2.67 bits per heavy atom. The van der Waals surface area contributed by atoms with Crippen LogP contribution in [0.5, 0.6) is 0 Å². The van der Waals surface area contributed by atoms with E-state index in [4.69, 9.17) is 10.3 Å². The van der Waals surface area contributed by atoms with Crippen LogP contribution in [-0.2, 0) is 0 Å². The molecule has 0 spiro atoms. The lowest BCUT2D eigenvalue weighted by Crippen LogP contribution is -2.13. The molecule has 2 aromatic rings. The summed E-state index contributed by atoms with van der Waals surface area (Å²) in [5.41, 5.74) is 8.59. The lowest BCUT2D eigenvalue weighted by atomic mass is 9.80. The van der Waals surface area contributed by atoms with Gasteiger partial charge < -0.3 is 10.3 Å². The van der Waals surface area contributed by atoms with Crippen molar-refractivity contribution in [1.29, 1.82) is 0 Å². The Kier molecular flexibility index (Phi) is 3.95. The molecule has 1 saturated carbocycles. The van der Waals surface area contributed by atoms with E-state index in [1.807, 2.05) is 25.1 Å².